The summed E-state index contributed by atoms with van der Waals surface area (Å²) < 4.78 is 14.2. The van der Waals surface area contributed by atoms with E-state index in [1.54, 1.807) is 12.1 Å². The number of benzene rings is 1. The highest BCUT2D eigenvalue weighted by Crippen LogP contribution is 2.46. The quantitative estimate of drug-likeness (QED) is 0.854. The van der Waals surface area contributed by atoms with E-state index in [2.05, 4.69) is 26.1 Å². The van der Waals surface area contributed by atoms with Crippen LogP contribution in [0.15, 0.2) is 24.3 Å². The molecule has 0 aromatic heterocycles. The third-order valence-corrected chi connectivity index (χ3v) is 4.44. The number of nitrogens with one attached hydrogen (secondary N) is 1. The summed E-state index contributed by atoms with van der Waals surface area (Å²) in [4.78, 5) is 0. The van der Waals surface area contributed by atoms with Crippen LogP contribution >= 0.6 is 0 Å². The van der Waals surface area contributed by atoms with Crippen LogP contribution in [0.3, 0.4) is 0 Å². The summed E-state index contributed by atoms with van der Waals surface area (Å²) in [6.45, 7) is 7.44. The van der Waals surface area contributed by atoms with Crippen molar-refractivity contribution in [3.05, 3.63) is 35.6 Å². The molecule has 0 amide bonds. The van der Waals surface area contributed by atoms with Crippen LogP contribution in [0.25, 0.3) is 0 Å². The summed E-state index contributed by atoms with van der Waals surface area (Å²) in [6, 6.07) is 7.75. The fraction of sp³-hybridized carbons (Fsp3) is 0.625. The summed E-state index contributed by atoms with van der Waals surface area (Å²) >= 11 is 0. The molecule has 1 aromatic rings. The molecule has 1 aliphatic rings. The Bertz CT molecular complexity index is 402. The number of hydrogen-bond acceptors (Lipinski definition) is 1. The Morgan fingerprint density at radius 1 is 1.39 bits per heavy atom. The van der Waals surface area contributed by atoms with E-state index in [1.165, 1.54) is 12.8 Å². The fourth-order valence-corrected chi connectivity index (χ4v) is 3.26. The molecular weight excluding hydrogens is 225 g/mol. The average molecular weight is 249 g/mol. The minimum Gasteiger partial charge on any atom is -0.314 e. The Kier molecular flexibility index (Phi) is 4.06. The van der Waals surface area contributed by atoms with E-state index >= 15 is 0 Å². The molecule has 2 heteroatoms. The second-order valence-electron chi connectivity index (χ2n) is 5.96. The standard InChI is InChI=1S/C16H24FN/c1-12(2)18-11-16(10-6-7-13(16)3)14-8-4-5-9-15(14)17/h4-5,8-9,12-13,18H,6-7,10-11H2,1-3H3. The molecule has 1 N–H and O–H groups in total. The number of rotatable bonds is 4. The molecule has 0 saturated heterocycles. The van der Waals surface area contributed by atoms with Gasteiger partial charge in [-0.3, -0.25) is 0 Å². The first-order valence-electron chi connectivity index (χ1n) is 7.04. The van der Waals surface area contributed by atoms with Crippen molar-refractivity contribution >= 4 is 0 Å². The van der Waals surface area contributed by atoms with Crippen LogP contribution in [-0.2, 0) is 5.41 Å². The largest absolute Gasteiger partial charge is 0.314 e. The first kappa shape index (κ1) is 13.5. The molecule has 100 valence electrons. The van der Waals surface area contributed by atoms with Gasteiger partial charge < -0.3 is 5.32 Å². The lowest BCUT2D eigenvalue weighted by Crippen LogP contribution is -2.43. The zero-order valence-electron chi connectivity index (χ0n) is 11.7. The van der Waals surface area contributed by atoms with Gasteiger partial charge in [-0.2, -0.15) is 0 Å². The summed E-state index contributed by atoms with van der Waals surface area (Å²) in [5, 5.41) is 3.52. The zero-order valence-corrected chi connectivity index (χ0v) is 11.7. The van der Waals surface area contributed by atoms with Crippen LogP contribution in [0, 0.1) is 11.7 Å². The number of hydrogen-bond donors (Lipinski definition) is 1. The first-order valence-corrected chi connectivity index (χ1v) is 7.04. The minimum absolute atomic E-state index is 0.0182. The molecule has 0 heterocycles. The van der Waals surface area contributed by atoms with Gasteiger partial charge in [-0.1, -0.05) is 45.4 Å². The molecule has 18 heavy (non-hydrogen) atoms. The molecule has 0 spiro atoms. The predicted molar refractivity (Wildman–Crippen MR) is 74.2 cm³/mol. The molecule has 1 nitrogen and oxygen atoms in total. The SMILES string of the molecule is CC(C)NCC1(c2ccccc2F)CCCC1C. The predicted octanol–water partition coefficient (Wildman–Crippen LogP) is 3.88. The van der Waals surface area contributed by atoms with Gasteiger partial charge in [0.05, 0.1) is 0 Å². The van der Waals surface area contributed by atoms with Gasteiger partial charge in [-0.05, 0) is 30.4 Å². The molecule has 0 aliphatic heterocycles. The van der Waals surface area contributed by atoms with Crippen molar-refractivity contribution in [2.24, 2.45) is 5.92 Å². The highest BCUT2D eigenvalue weighted by atomic mass is 19.1. The lowest BCUT2D eigenvalue weighted by Gasteiger charge is -2.36. The summed E-state index contributed by atoms with van der Waals surface area (Å²) in [7, 11) is 0. The van der Waals surface area contributed by atoms with Crippen molar-refractivity contribution in [2.75, 3.05) is 6.54 Å². The monoisotopic (exact) mass is 249 g/mol. The molecule has 1 fully saturated rings. The summed E-state index contributed by atoms with van der Waals surface area (Å²) in [5.41, 5.74) is 0.887. The minimum atomic E-state index is -0.0446. The Balaban J connectivity index is 2.33. The molecule has 2 atom stereocenters. The van der Waals surface area contributed by atoms with E-state index in [-0.39, 0.29) is 11.2 Å². The summed E-state index contributed by atoms with van der Waals surface area (Å²) in [5.74, 6) is 0.498. The van der Waals surface area contributed by atoms with Crippen molar-refractivity contribution in [3.8, 4) is 0 Å². The molecular formula is C16H24FN. The van der Waals surface area contributed by atoms with Crippen molar-refractivity contribution in [1.29, 1.82) is 0 Å². The fourth-order valence-electron chi connectivity index (χ4n) is 3.26. The Morgan fingerprint density at radius 2 is 2.11 bits per heavy atom. The molecule has 2 unspecified atom stereocenters. The van der Waals surface area contributed by atoms with Crippen molar-refractivity contribution in [1.82, 2.24) is 5.32 Å². The van der Waals surface area contributed by atoms with Gasteiger partial charge in [-0.25, -0.2) is 4.39 Å². The van der Waals surface area contributed by atoms with Crippen molar-refractivity contribution in [2.45, 2.75) is 51.5 Å². The lowest BCUT2D eigenvalue weighted by atomic mass is 9.72. The van der Waals surface area contributed by atoms with Crippen LogP contribution in [0.4, 0.5) is 4.39 Å². The van der Waals surface area contributed by atoms with Crippen LogP contribution in [0.5, 0.6) is 0 Å². The maximum absolute atomic E-state index is 14.2. The van der Waals surface area contributed by atoms with E-state index in [9.17, 15) is 4.39 Å². The van der Waals surface area contributed by atoms with Crippen molar-refractivity contribution < 1.29 is 4.39 Å². The van der Waals surface area contributed by atoms with E-state index in [1.807, 2.05) is 12.1 Å². The zero-order chi connectivity index (χ0) is 13.2. The van der Waals surface area contributed by atoms with E-state index < -0.39 is 0 Å². The Morgan fingerprint density at radius 3 is 2.67 bits per heavy atom. The Hall–Kier alpha value is -0.890. The summed E-state index contributed by atoms with van der Waals surface area (Å²) in [6.07, 6.45) is 3.50. The second-order valence-corrected chi connectivity index (χ2v) is 5.96. The lowest BCUT2D eigenvalue weighted by molar-refractivity contribution is 0.298. The maximum Gasteiger partial charge on any atom is 0.127 e. The van der Waals surface area contributed by atoms with Gasteiger partial charge in [0.15, 0.2) is 0 Å². The number of halogens is 1. The second kappa shape index (κ2) is 5.40. The van der Waals surface area contributed by atoms with Gasteiger partial charge in [0, 0.05) is 18.0 Å². The third-order valence-electron chi connectivity index (χ3n) is 4.44. The molecule has 1 saturated carbocycles. The normalized spacial score (nSPS) is 27.9. The van der Waals surface area contributed by atoms with Gasteiger partial charge in [0.1, 0.15) is 5.82 Å². The van der Waals surface area contributed by atoms with Crippen molar-refractivity contribution in [3.63, 3.8) is 0 Å². The van der Waals surface area contributed by atoms with Gasteiger partial charge in [-0.15, -0.1) is 0 Å². The Labute approximate surface area is 110 Å². The van der Waals surface area contributed by atoms with Gasteiger partial charge in [0.25, 0.3) is 0 Å². The van der Waals surface area contributed by atoms with E-state index in [4.69, 9.17) is 0 Å². The topological polar surface area (TPSA) is 12.0 Å². The molecule has 1 aromatic carbocycles. The van der Waals surface area contributed by atoms with Gasteiger partial charge >= 0.3 is 0 Å². The molecule has 2 rings (SSSR count). The van der Waals surface area contributed by atoms with E-state index in [0.29, 0.717) is 12.0 Å². The molecule has 0 bridgehead atoms. The third kappa shape index (κ3) is 2.44. The average Bonchev–Trinajstić information content (AvgIpc) is 2.70. The first-order chi connectivity index (χ1) is 8.56. The highest BCUT2D eigenvalue weighted by molar-refractivity contribution is 5.30. The van der Waals surface area contributed by atoms with Crippen LogP contribution in [-0.4, -0.2) is 12.6 Å². The van der Waals surface area contributed by atoms with Crippen LogP contribution in [0.1, 0.15) is 45.6 Å². The van der Waals surface area contributed by atoms with Gasteiger partial charge in [0.2, 0.25) is 0 Å². The molecule has 0 radical (unpaired) electrons. The van der Waals surface area contributed by atoms with Crippen LogP contribution < -0.4 is 5.32 Å². The smallest absolute Gasteiger partial charge is 0.127 e. The molecule has 1 aliphatic carbocycles. The maximum atomic E-state index is 14.2. The highest BCUT2D eigenvalue weighted by Gasteiger charge is 2.42. The van der Waals surface area contributed by atoms with Crippen LogP contribution in [0.2, 0.25) is 0 Å². The van der Waals surface area contributed by atoms with E-state index in [0.717, 1.165) is 18.5 Å².